The minimum Gasteiger partial charge on any atom is -0.300 e. The van der Waals surface area contributed by atoms with E-state index >= 15 is 0 Å². The highest BCUT2D eigenvalue weighted by Gasteiger charge is 2.23. The number of carbonyl (C=O) groups excluding carboxylic acids is 1. The van der Waals surface area contributed by atoms with Crippen molar-refractivity contribution in [1.82, 2.24) is 5.32 Å². The number of halogens is 1. The second-order valence-corrected chi connectivity index (χ2v) is 6.72. The summed E-state index contributed by atoms with van der Waals surface area (Å²) in [7, 11) is 0. The number of benzene rings is 2. The molecule has 0 atom stereocenters. The van der Waals surface area contributed by atoms with Crippen molar-refractivity contribution < 1.29 is 4.79 Å². The molecule has 1 aliphatic rings. The summed E-state index contributed by atoms with van der Waals surface area (Å²) in [6.07, 6.45) is 3.91. The fourth-order valence-corrected chi connectivity index (χ4v) is 3.19. The molecule has 0 aliphatic carbocycles. The zero-order valence-electron chi connectivity index (χ0n) is 13.0. The average molecular weight is 355 g/mol. The first-order valence-electron chi connectivity index (χ1n) is 7.39. The van der Waals surface area contributed by atoms with E-state index in [-0.39, 0.29) is 5.91 Å². The lowest BCUT2D eigenvalue weighted by atomic mass is 10.1. The fourth-order valence-electron chi connectivity index (χ4n) is 2.17. The fraction of sp³-hybridized carbons (Fsp3) is 0.0526. The van der Waals surface area contributed by atoms with Crippen LogP contribution in [0, 0.1) is 0 Å². The molecule has 0 radical (unpaired) electrons. The van der Waals surface area contributed by atoms with E-state index in [0.29, 0.717) is 15.1 Å². The summed E-state index contributed by atoms with van der Waals surface area (Å²) in [5.74, 6) is -0.131. The summed E-state index contributed by atoms with van der Waals surface area (Å²) >= 11 is 7.19. The van der Waals surface area contributed by atoms with Crippen molar-refractivity contribution in [3.05, 3.63) is 81.7 Å². The van der Waals surface area contributed by atoms with Crippen LogP contribution in [0.5, 0.6) is 0 Å². The van der Waals surface area contributed by atoms with Crippen LogP contribution < -0.4 is 5.32 Å². The van der Waals surface area contributed by atoms with Crippen LogP contribution in [0.2, 0.25) is 5.02 Å². The molecule has 120 valence electrons. The van der Waals surface area contributed by atoms with Gasteiger partial charge in [0, 0.05) is 5.02 Å². The Bertz CT molecular complexity index is 839. The molecule has 0 aromatic heterocycles. The second kappa shape index (κ2) is 7.51. The van der Waals surface area contributed by atoms with Crippen LogP contribution in [0.4, 0.5) is 5.69 Å². The summed E-state index contributed by atoms with van der Waals surface area (Å²) in [5, 5.41) is 4.01. The Hall–Kier alpha value is -2.30. The molecule has 1 heterocycles. The molecule has 0 spiro atoms. The quantitative estimate of drug-likeness (QED) is 0.772. The van der Waals surface area contributed by atoms with Gasteiger partial charge in [0.05, 0.1) is 10.6 Å². The summed E-state index contributed by atoms with van der Waals surface area (Å²) in [5.41, 5.74) is 2.86. The van der Waals surface area contributed by atoms with Crippen LogP contribution in [-0.2, 0) is 4.79 Å². The summed E-state index contributed by atoms with van der Waals surface area (Å²) < 4.78 is 0. The maximum Gasteiger partial charge on any atom is 0.264 e. The molecule has 3 rings (SSSR count). The number of hydrogen-bond donors (Lipinski definition) is 1. The number of thioether (sulfide) groups is 1. The Morgan fingerprint density at radius 2 is 1.83 bits per heavy atom. The SMILES string of the molecule is CC(=C/c1ccccc1)/C=C1\SC(=Nc2ccc(Cl)cc2)NC1=O. The molecule has 2 aromatic carbocycles. The van der Waals surface area contributed by atoms with Crippen molar-refractivity contribution in [2.45, 2.75) is 6.92 Å². The zero-order chi connectivity index (χ0) is 16.9. The molecule has 1 aliphatic heterocycles. The lowest BCUT2D eigenvalue weighted by Gasteiger charge is -1.97. The number of rotatable bonds is 3. The molecule has 0 saturated carbocycles. The van der Waals surface area contributed by atoms with E-state index in [1.54, 1.807) is 12.1 Å². The molecule has 0 bridgehead atoms. The van der Waals surface area contributed by atoms with Crippen molar-refractivity contribution in [1.29, 1.82) is 0 Å². The van der Waals surface area contributed by atoms with Crippen LogP contribution >= 0.6 is 23.4 Å². The first kappa shape index (κ1) is 16.6. The number of nitrogens with zero attached hydrogens (tertiary/aromatic N) is 1. The standard InChI is InChI=1S/C19H15ClN2OS/c1-13(11-14-5-3-2-4-6-14)12-17-18(23)22-19(24-17)21-16-9-7-15(20)8-10-16/h2-12H,1H3,(H,21,22,23)/b13-11-,17-12-. The molecule has 1 saturated heterocycles. The van der Waals surface area contributed by atoms with E-state index in [4.69, 9.17) is 11.6 Å². The van der Waals surface area contributed by atoms with Gasteiger partial charge in [-0.25, -0.2) is 4.99 Å². The largest absolute Gasteiger partial charge is 0.300 e. The zero-order valence-corrected chi connectivity index (χ0v) is 14.6. The number of allylic oxidation sites excluding steroid dienone is 2. The molecule has 24 heavy (non-hydrogen) atoms. The molecule has 3 nitrogen and oxygen atoms in total. The number of hydrogen-bond acceptors (Lipinski definition) is 3. The summed E-state index contributed by atoms with van der Waals surface area (Å²) in [6.45, 7) is 1.97. The molecular formula is C19H15ClN2OS. The van der Waals surface area contributed by atoms with Gasteiger partial charge in [-0.1, -0.05) is 48.0 Å². The number of carbonyl (C=O) groups is 1. The molecular weight excluding hydrogens is 340 g/mol. The van der Waals surface area contributed by atoms with Gasteiger partial charge in [-0.2, -0.15) is 0 Å². The topological polar surface area (TPSA) is 41.5 Å². The molecule has 5 heteroatoms. The van der Waals surface area contributed by atoms with Gasteiger partial charge >= 0.3 is 0 Å². The monoisotopic (exact) mass is 354 g/mol. The van der Waals surface area contributed by atoms with Crippen molar-refractivity contribution in [2.75, 3.05) is 0 Å². The maximum absolute atomic E-state index is 12.1. The normalized spacial score (nSPS) is 18.2. The van der Waals surface area contributed by atoms with Crippen LogP contribution in [0.25, 0.3) is 6.08 Å². The maximum atomic E-state index is 12.1. The Labute approximate surface area is 150 Å². The molecule has 2 aromatic rings. The second-order valence-electron chi connectivity index (χ2n) is 5.26. The minimum absolute atomic E-state index is 0.131. The van der Waals surface area contributed by atoms with Gasteiger partial charge < -0.3 is 5.32 Å². The Morgan fingerprint density at radius 1 is 1.12 bits per heavy atom. The highest BCUT2D eigenvalue weighted by Crippen LogP contribution is 2.28. The van der Waals surface area contributed by atoms with E-state index in [9.17, 15) is 4.79 Å². The van der Waals surface area contributed by atoms with Gasteiger partial charge in [-0.05, 0) is 60.2 Å². The van der Waals surface area contributed by atoms with Crippen LogP contribution in [0.1, 0.15) is 12.5 Å². The van der Waals surface area contributed by atoms with E-state index in [1.807, 2.05) is 61.5 Å². The van der Waals surface area contributed by atoms with E-state index in [1.165, 1.54) is 11.8 Å². The smallest absolute Gasteiger partial charge is 0.264 e. The number of amides is 1. The first-order chi connectivity index (χ1) is 11.6. The first-order valence-corrected chi connectivity index (χ1v) is 8.58. The lowest BCUT2D eigenvalue weighted by Crippen LogP contribution is -2.19. The van der Waals surface area contributed by atoms with Crippen LogP contribution in [0.15, 0.2) is 76.1 Å². The van der Waals surface area contributed by atoms with Crippen molar-refractivity contribution >= 4 is 46.2 Å². The van der Waals surface area contributed by atoms with Crippen molar-refractivity contribution in [2.24, 2.45) is 4.99 Å². The van der Waals surface area contributed by atoms with Crippen LogP contribution in [-0.4, -0.2) is 11.1 Å². The third-order valence-electron chi connectivity index (χ3n) is 3.26. The number of nitrogens with one attached hydrogen (secondary N) is 1. The Balaban J connectivity index is 1.77. The van der Waals surface area contributed by atoms with Gasteiger partial charge in [-0.15, -0.1) is 0 Å². The molecule has 1 N–H and O–H groups in total. The molecule has 1 amide bonds. The number of amidine groups is 1. The summed E-state index contributed by atoms with van der Waals surface area (Å²) in [4.78, 5) is 17.1. The molecule has 0 unspecified atom stereocenters. The predicted molar refractivity (Wildman–Crippen MR) is 102 cm³/mol. The van der Waals surface area contributed by atoms with Crippen molar-refractivity contribution in [3.8, 4) is 0 Å². The van der Waals surface area contributed by atoms with Gasteiger partial charge in [0.2, 0.25) is 0 Å². The third kappa shape index (κ3) is 4.37. The van der Waals surface area contributed by atoms with Gasteiger partial charge in [0.15, 0.2) is 5.17 Å². The average Bonchev–Trinajstić information content (AvgIpc) is 2.90. The summed E-state index contributed by atoms with van der Waals surface area (Å²) in [6, 6.07) is 17.2. The number of aliphatic imine (C=N–C) groups is 1. The highest BCUT2D eigenvalue weighted by atomic mass is 35.5. The van der Waals surface area contributed by atoms with Gasteiger partial charge in [-0.3, -0.25) is 4.79 Å². The Kier molecular flexibility index (Phi) is 5.18. The minimum atomic E-state index is -0.131. The van der Waals surface area contributed by atoms with E-state index in [2.05, 4.69) is 10.3 Å². The van der Waals surface area contributed by atoms with Crippen molar-refractivity contribution in [3.63, 3.8) is 0 Å². The van der Waals surface area contributed by atoms with Gasteiger partial charge in [0.1, 0.15) is 0 Å². The molecule has 1 fully saturated rings. The van der Waals surface area contributed by atoms with E-state index in [0.717, 1.165) is 16.8 Å². The highest BCUT2D eigenvalue weighted by molar-refractivity contribution is 8.18. The third-order valence-corrected chi connectivity index (χ3v) is 4.42. The predicted octanol–water partition coefficient (Wildman–Crippen LogP) is 5.18. The Morgan fingerprint density at radius 3 is 2.54 bits per heavy atom. The lowest BCUT2D eigenvalue weighted by molar-refractivity contribution is -0.115. The van der Waals surface area contributed by atoms with Gasteiger partial charge in [0.25, 0.3) is 5.91 Å². The van der Waals surface area contributed by atoms with Crippen LogP contribution in [0.3, 0.4) is 0 Å². The van der Waals surface area contributed by atoms with E-state index < -0.39 is 0 Å².